The molecular formula is C24H27N3O3. The van der Waals surface area contributed by atoms with Crippen LogP contribution in [0.15, 0.2) is 59.0 Å². The lowest BCUT2D eigenvalue weighted by Crippen LogP contribution is -2.35. The summed E-state index contributed by atoms with van der Waals surface area (Å²) in [4.78, 5) is 15.1. The SMILES string of the molecule is COc1ccc(CCC(=O)N2CCCCCC2c2nnc(-c3ccccc3)o2)cc1. The van der Waals surface area contributed by atoms with Crippen LogP contribution in [-0.4, -0.2) is 34.7 Å². The summed E-state index contributed by atoms with van der Waals surface area (Å²) in [5.41, 5.74) is 2.02. The van der Waals surface area contributed by atoms with Gasteiger partial charge in [0.1, 0.15) is 11.8 Å². The molecule has 4 rings (SSSR count). The first-order chi connectivity index (χ1) is 14.7. The predicted octanol–water partition coefficient (Wildman–Crippen LogP) is 4.82. The fourth-order valence-corrected chi connectivity index (χ4v) is 3.92. The summed E-state index contributed by atoms with van der Waals surface area (Å²) in [6.45, 7) is 0.731. The van der Waals surface area contributed by atoms with E-state index in [1.807, 2.05) is 59.5 Å². The van der Waals surface area contributed by atoms with Crippen LogP contribution in [0.25, 0.3) is 11.5 Å². The summed E-state index contributed by atoms with van der Waals surface area (Å²) in [5, 5.41) is 8.53. The Kier molecular flexibility index (Phi) is 6.42. The van der Waals surface area contributed by atoms with E-state index in [9.17, 15) is 4.79 Å². The molecule has 2 aromatic carbocycles. The highest BCUT2D eigenvalue weighted by atomic mass is 16.5. The van der Waals surface area contributed by atoms with Gasteiger partial charge < -0.3 is 14.1 Å². The molecule has 0 aliphatic carbocycles. The van der Waals surface area contributed by atoms with Crippen LogP contribution in [0.1, 0.15) is 49.6 Å². The smallest absolute Gasteiger partial charge is 0.247 e. The van der Waals surface area contributed by atoms with Crippen molar-refractivity contribution in [3.63, 3.8) is 0 Å². The van der Waals surface area contributed by atoms with E-state index in [0.29, 0.717) is 24.6 Å². The Bertz CT molecular complexity index is 953. The van der Waals surface area contributed by atoms with Gasteiger partial charge in [0.15, 0.2) is 0 Å². The Labute approximate surface area is 176 Å². The molecule has 0 saturated carbocycles. The Morgan fingerprint density at radius 1 is 1.07 bits per heavy atom. The number of aryl methyl sites for hydroxylation is 1. The molecule has 1 atom stereocenters. The van der Waals surface area contributed by atoms with Crippen molar-refractivity contribution < 1.29 is 13.9 Å². The van der Waals surface area contributed by atoms with Gasteiger partial charge in [-0.3, -0.25) is 4.79 Å². The number of amides is 1. The minimum atomic E-state index is -0.152. The average molecular weight is 405 g/mol. The van der Waals surface area contributed by atoms with E-state index in [1.165, 1.54) is 0 Å². The highest BCUT2D eigenvalue weighted by molar-refractivity contribution is 5.77. The van der Waals surface area contributed by atoms with Gasteiger partial charge in [-0.05, 0) is 49.1 Å². The third kappa shape index (κ3) is 4.70. The van der Waals surface area contributed by atoms with Crippen molar-refractivity contribution in [1.29, 1.82) is 0 Å². The second-order valence-corrected chi connectivity index (χ2v) is 7.61. The van der Waals surface area contributed by atoms with E-state index < -0.39 is 0 Å². The lowest BCUT2D eigenvalue weighted by Gasteiger charge is -2.27. The molecule has 30 heavy (non-hydrogen) atoms. The minimum absolute atomic E-state index is 0.136. The standard InChI is InChI=1S/C24H27N3O3/c1-29-20-14-11-18(12-15-20)13-16-22(28)27-17-7-3-6-10-21(27)24-26-25-23(30-24)19-8-4-2-5-9-19/h2,4-5,8-9,11-12,14-15,21H,3,6-7,10,13,16-17H2,1H3. The maximum absolute atomic E-state index is 13.1. The van der Waals surface area contributed by atoms with Crippen LogP contribution in [0, 0.1) is 0 Å². The monoisotopic (exact) mass is 405 g/mol. The maximum Gasteiger partial charge on any atom is 0.247 e. The molecule has 6 heteroatoms. The zero-order chi connectivity index (χ0) is 20.8. The summed E-state index contributed by atoms with van der Waals surface area (Å²) in [6.07, 6.45) is 5.18. The molecule has 1 amide bonds. The number of likely N-dealkylation sites (tertiary alicyclic amines) is 1. The van der Waals surface area contributed by atoms with Gasteiger partial charge in [-0.2, -0.15) is 0 Å². The first-order valence-electron chi connectivity index (χ1n) is 10.6. The summed E-state index contributed by atoms with van der Waals surface area (Å²) >= 11 is 0. The number of hydrogen-bond donors (Lipinski definition) is 0. The molecule has 6 nitrogen and oxygen atoms in total. The topological polar surface area (TPSA) is 68.5 Å². The molecule has 0 radical (unpaired) electrons. The molecule has 1 aliphatic heterocycles. The molecule has 1 aliphatic rings. The van der Waals surface area contributed by atoms with Gasteiger partial charge in [-0.25, -0.2) is 0 Å². The highest BCUT2D eigenvalue weighted by Gasteiger charge is 2.30. The average Bonchev–Trinajstić information content (AvgIpc) is 3.16. The number of ether oxygens (including phenoxy) is 1. The number of aromatic nitrogens is 2. The van der Waals surface area contributed by atoms with Crippen molar-refractivity contribution in [2.75, 3.05) is 13.7 Å². The normalized spacial score (nSPS) is 16.8. The van der Waals surface area contributed by atoms with Gasteiger partial charge in [-0.1, -0.05) is 43.2 Å². The predicted molar refractivity (Wildman–Crippen MR) is 114 cm³/mol. The van der Waals surface area contributed by atoms with E-state index in [4.69, 9.17) is 9.15 Å². The van der Waals surface area contributed by atoms with Crippen molar-refractivity contribution in [1.82, 2.24) is 15.1 Å². The number of carbonyl (C=O) groups excluding carboxylic acids is 1. The van der Waals surface area contributed by atoms with Crippen LogP contribution < -0.4 is 4.74 Å². The zero-order valence-electron chi connectivity index (χ0n) is 17.3. The van der Waals surface area contributed by atoms with Crippen LogP contribution in [0.5, 0.6) is 5.75 Å². The molecule has 1 unspecified atom stereocenters. The molecule has 1 saturated heterocycles. The largest absolute Gasteiger partial charge is 0.497 e. The summed E-state index contributed by atoms with van der Waals surface area (Å²) in [5.74, 6) is 1.99. The van der Waals surface area contributed by atoms with E-state index in [2.05, 4.69) is 10.2 Å². The Morgan fingerprint density at radius 2 is 1.87 bits per heavy atom. The lowest BCUT2D eigenvalue weighted by molar-refractivity contribution is -0.134. The van der Waals surface area contributed by atoms with Gasteiger partial charge in [0, 0.05) is 18.5 Å². The Morgan fingerprint density at radius 3 is 2.63 bits per heavy atom. The van der Waals surface area contributed by atoms with Crippen molar-refractivity contribution in [2.45, 2.75) is 44.6 Å². The Balaban J connectivity index is 1.47. The van der Waals surface area contributed by atoms with Gasteiger partial charge in [0.05, 0.1) is 7.11 Å². The van der Waals surface area contributed by atoms with Crippen LogP contribution in [0.2, 0.25) is 0 Å². The van der Waals surface area contributed by atoms with E-state index in [-0.39, 0.29) is 11.9 Å². The van der Waals surface area contributed by atoms with Gasteiger partial charge in [0.2, 0.25) is 17.7 Å². The molecule has 0 N–H and O–H groups in total. The maximum atomic E-state index is 13.1. The van der Waals surface area contributed by atoms with Crippen molar-refractivity contribution >= 4 is 5.91 Å². The van der Waals surface area contributed by atoms with E-state index in [0.717, 1.165) is 49.1 Å². The van der Waals surface area contributed by atoms with Crippen molar-refractivity contribution in [2.24, 2.45) is 0 Å². The van der Waals surface area contributed by atoms with Gasteiger partial charge >= 0.3 is 0 Å². The van der Waals surface area contributed by atoms with Crippen molar-refractivity contribution in [3.8, 4) is 17.2 Å². The number of hydrogen-bond acceptors (Lipinski definition) is 5. The van der Waals surface area contributed by atoms with Gasteiger partial charge in [-0.15, -0.1) is 10.2 Å². The molecule has 3 aromatic rings. The first kappa shape index (κ1) is 20.1. The third-order valence-electron chi connectivity index (χ3n) is 5.61. The van der Waals surface area contributed by atoms with E-state index >= 15 is 0 Å². The number of rotatable bonds is 6. The van der Waals surface area contributed by atoms with Crippen LogP contribution in [0.3, 0.4) is 0 Å². The quantitative estimate of drug-likeness (QED) is 0.588. The molecule has 2 heterocycles. The first-order valence-corrected chi connectivity index (χ1v) is 10.6. The van der Waals surface area contributed by atoms with Crippen molar-refractivity contribution in [3.05, 3.63) is 66.1 Å². The number of methoxy groups -OCH3 is 1. The fraction of sp³-hybridized carbons (Fsp3) is 0.375. The zero-order valence-corrected chi connectivity index (χ0v) is 17.3. The minimum Gasteiger partial charge on any atom is -0.497 e. The molecular weight excluding hydrogens is 378 g/mol. The molecule has 0 spiro atoms. The van der Waals surface area contributed by atoms with E-state index in [1.54, 1.807) is 7.11 Å². The molecule has 0 bridgehead atoms. The number of carbonyl (C=O) groups is 1. The van der Waals surface area contributed by atoms with Crippen LogP contribution >= 0.6 is 0 Å². The van der Waals surface area contributed by atoms with Gasteiger partial charge in [0.25, 0.3) is 0 Å². The Hall–Kier alpha value is -3.15. The number of nitrogens with zero attached hydrogens (tertiary/aromatic N) is 3. The summed E-state index contributed by atoms with van der Waals surface area (Å²) < 4.78 is 11.2. The number of benzene rings is 2. The lowest BCUT2D eigenvalue weighted by atomic mass is 10.1. The second kappa shape index (κ2) is 9.57. The summed E-state index contributed by atoms with van der Waals surface area (Å²) in [7, 11) is 1.65. The molecule has 1 fully saturated rings. The molecule has 156 valence electrons. The molecule has 1 aromatic heterocycles. The fourth-order valence-electron chi connectivity index (χ4n) is 3.92. The third-order valence-corrected chi connectivity index (χ3v) is 5.61. The summed E-state index contributed by atoms with van der Waals surface area (Å²) in [6, 6.07) is 17.5. The highest BCUT2D eigenvalue weighted by Crippen LogP contribution is 2.31. The van der Waals surface area contributed by atoms with Crippen LogP contribution in [-0.2, 0) is 11.2 Å². The second-order valence-electron chi connectivity index (χ2n) is 7.61. The van der Waals surface area contributed by atoms with Crippen LogP contribution in [0.4, 0.5) is 0 Å².